The zero-order chi connectivity index (χ0) is 10.1. The summed E-state index contributed by atoms with van der Waals surface area (Å²) in [6.45, 7) is 11.2. The Morgan fingerprint density at radius 2 is 2.00 bits per heavy atom. The molecule has 0 aromatic heterocycles. The predicted octanol–water partition coefficient (Wildman–Crippen LogP) is 2.29. The second-order valence-electron chi connectivity index (χ2n) is 5.36. The molecule has 1 rings (SSSR count). The molecule has 0 amide bonds. The smallest absolute Gasteiger partial charge is 0.0644 e. The van der Waals surface area contributed by atoms with Crippen LogP contribution in [0.2, 0.25) is 0 Å². The average molecular weight is 185 g/mol. The Balaban J connectivity index is 2.73. The summed E-state index contributed by atoms with van der Waals surface area (Å²) < 4.78 is 5.31. The van der Waals surface area contributed by atoms with Crippen molar-refractivity contribution in [2.24, 2.45) is 0 Å². The van der Waals surface area contributed by atoms with Crippen molar-refractivity contribution in [2.75, 3.05) is 20.3 Å². The van der Waals surface area contributed by atoms with Gasteiger partial charge in [0.05, 0.1) is 6.61 Å². The minimum absolute atomic E-state index is 0.257. The molecule has 0 aliphatic carbocycles. The number of hydrogen-bond acceptors (Lipinski definition) is 2. The molecule has 2 heteroatoms. The average Bonchev–Trinajstić information content (AvgIpc) is 2.30. The quantitative estimate of drug-likeness (QED) is 0.654. The minimum atomic E-state index is 0.257. The number of ether oxygens (including phenoxy) is 1. The SMILES string of the molecule is COCC1(C)CCCN1C(C)(C)C. The van der Waals surface area contributed by atoms with Gasteiger partial charge in [-0.05, 0) is 47.1 Å². The lowest BCUT2D eigenvalue weighted by Gasteiger charge is -2.43. The molecular formula is C11H23NO. The van der Waals surface area contributed by atoms with Crippen molar-refractivity contribution in [1.82, 2.24) is 4.90 Å². The van der Waals surface area contributed by atoms with E-state index in [4.69, 9.17) is 4.74 Å². The number of likely N-dealkylation sites (tertiary alicyclic amines) is 1. The van der Waals surface area contributed by atoms with Gasteiger partial charge in [0.2, 0.25) is 0 Å². The third kappa shape index (κ3) is 2.23. The number of hydrogen-bond donors (Lipinski definition) is 0. The van der Waals surface area contributed by atoms with E-state index in [0.29, 0.717) is 0 Å². The van der Waals surface area contributed by atoms with Crippen LogP contribution in [0.25, 0.3) is 0 Å². The van der Waals surface area contributed by atoms with Gasteiger partial charge in [-0.25, -0.2) is 0 Å². The summed E-state index contributed by atoms with van der Waals surface area (Å²) in [5.41, 5.74) is 0.525. The molecule has 0 N–H and O–H groups in total. The van der Waals surface area contributed by atoms with Crippen LogP contribution in [-0.4, -0.2) is 36.2 Å². The second-order valence-corrected chi connectivity index (χ2v) is 5.36. The van der Waals surface area contributed by atoms with Gasteiger partial charge < -0.3 is 4.74 Å². The van der Waals surface area contributed by atoms with Gasteiger partial charge in [-0.15, -0.1) is 0 Å². The Morgan fingerprint density at radius 1 is 1.38 bits per heavy atom. The predicted molar refractivity (Wildman–Crippen MR) is 56.0 cm³/mol. The molecule has 1 aliphatic heterocycles. The molecule has 1 atom stereocenters. The standard InChI is InChI=1S/C11H23NO/c1-10(2,3)12-8-6-7-11(12,4)9-13-5/h6-9H2,1-5H3. The molecule has 0 spiro atoms. The van der Waals surface area contributed by atoms with Gasteiger partial charge in [-0.1, -0.05) is 0 Å². The second kappa shape index (κ2) is 3.58. The Morgan fingerprint density at radius 3 is 2.46 bits per heavy atom. The van der Waals surface area contributed by atoms with E-state index in [-0.39, 0.29) is 11.1 Å². The van der Waals surface area contributed by atoms with Crippen molar-refractivity contribution in [1.29, 1.82) is 0 Å². The fraction of sp³-hybridized carbons (Fsp3) is 1.00. The molecule has 1 fully saturated rings. The summed E-state index contributed by atoms with van der Waals surface area (Å²) in [6.07, 6.45) is 2.56. The van der Waals surface area contributed by atoms with Crippen LogP contribution in [-0.2, 0) is 4.74 Å². The van der Waals surface area contributed by atoms with E-state index in [2.05, 4.69) is 32.6 Å². The highest BCUT2D eigenvalue weighted by molar-refractivity contribution is 4.97. The molecule has 0 aromatic rings. The van der Waals surface area contributed by atoms with Gasteiger partial charge >= 0.3 is 0 Å². The van der Waals surface area contributed by atoms with Gasteiger partial charge in [0.25, 0.3) is 0 Å². The van der Waals surface area contributed by atoms with Crippen LogP contribution < -0.4 is 0 Å². The zero-order valence-electron chi connectivity index (χ0n) is 9.68. The lowest BCUT2D eigenvalue weighted by atomic mass is 9.95. The monoisotopic (exact) mass is 185 g/mol. The number of methoxy groups -OCH3 is 1. The Labute approximate surface area is 82.3 Å². The van der Waals surface area contributed by atoms with Crippen LogP contribution in [0.3, 0.4) is 0 Å². The third-order valence-electron chi connectivity index (χ3n) is 3.01. The number of nitrogens with zero attached hydrogens (tertiary/aromatic N) is 1. The summed E-state index contributed by atoms with van der Waals surface area (Å²) in [5, 5.41) is 0. The highest BCUT2D eigenvalue weighted by atomic mass is 16.5. The first kappa shape index (κ1) is 11.0. The molecule has 1 heterocycles. The van der Waals surface area contributed by atoms with Gasteiger partial charge in [0.1, 0.15) is 0 Å². The molecule has 0 radical (unpaired) electrons. The molecule has 13 heavy (non-hydrogen) atoms. The first-order valence-electron chi connectivity index (χ1n) is 5.17. The van der Waals surface area contributed by atoms with E-state index in [0.717, 1.165) is 6.61 Å². The van der Waals surface area contributed by atoms with E-state index < -0.39 is 0 Å². The van der Waals surface area contributed by atoms with Crippen LogP contribution in [0, 0.1) is 0 Å². The van der Waals surface area contributed by atoms with E-state index >= 15 is 0 Å². The van der Waals surface area contributed by atoms with E-state index in [9.17, 15) is 0 Å². The maximum Gasteiger partial charge on any atom is 0.0644 e. The van der Waals surface area contributed by atoms with Gasteiger partial charge in [-0.2, -0.15) is 0 Å². The van der Waals surface area contributed by atoms with Crippen molar-refractivity contribution in [3.63, 3.8) is 0 Å². The maximum atomic E-state index is 5.31. The minimum Gasteiger partial charge on any atom is -0.383 e. The first-order chi connectivity index (χ1) is 5.90. The van der Waals surface area contributed by atoms with Crippen molar-refractivity contribution >= 4 is 0 Å². The van der Waals surface area contributed by atoms with Crippen LogP contribution in [0.5, 0.6) is 0 Å². The summed E-state index contributed by atoms with van der Waals surface area (Å²) in [6, 6.07) is 0. The highest BCUT2D eigenvalue weighted by Gasteiger charge is 2.41. The molecule has 1 saturated heterocycles. The first-order valence-corrected chi connectivity index (χ1v) is 5.17. The van der Waals surface area contributed by atoms with Crippen molar-refractivity contribution in [2.45, 2.75) is 51.6 Å². The topological polar surface area (TPSA) is 12.5 Å². The lowest BCUT2D eigenvalue weighted by molar-refractivity contribution is -0.00139. The Bertz CT molecular complexity index is 173. The van der Waals surface area contributed by atoms with Gasteiger partial charge in [0.15, 0.2) is 0 Å². The molecule has 0 bridgehead atoms. The molecule has 1 aliphatic rings. The van der Waals surface area contributed by atoms with Crippen LogP contribution in [0.1, 0.15) is 40.5 Å². The van der Waals surface area contributed by atoms with Crippen molar-refractivity contribution in [3.05, 3.63) is 0 Å². The van der Waals surface area contributed by atoms with Gasteiger partial charge in [-0.3, -0.25) is 4.90 Å². The van der Waals surface area contributed by atoms with Crippen LogP contribution >= 0.6 is 0 Å². The Kier molecular flexibility index (Phi) is 3.03. The molecular weight excluding hydrogens is 162 g/mol. The maximum absolute atomic E-state index is 5.31. The highest BCUT2D eigenvalue weighted by Crippen LogP contribution is 2.35. The number of rotatable bonds is 2. The molecule has 1 unspecified atom stereocenters. The summed E-state index contributed by atoms with van der Waals surface area (Å²) >= 11 is 0. The summed E-state index contributed by atoms with van der Waals surface area (Å²) in [7, 11) is 1.80. The summed E-state index contributed by atoms with van der Waals surface area (Å²) in [4.78, 5) is 2.57. The fourth-order valence-electron chi connectivity index (χ4n) is 2.63. The van der Waals surface area contributed by atoms with Crippen molar-refractivity contribution < 1.29 is 4.74 Å². The van der Waals surface area contributed by atoms with Gasteiger partial charge in [0, 0.05) is 18.2 Å². The van der Waals surface area contributed by atoms with Crippen LogP contribution in [0.4, 0.5) is 0 Å². The fourth-order valence-corrected chi connectivity index (χ4v) is 2.63. The molecule has 2 nitrogen and oxygen atoms in total. The lowest BCUT2D eigenvalue weighted by Crippen LogP contribution is -2.53. The normalized spacial score (nSPS) is 31.2. The molecule has 0 saturated carbocycles. The molecule has 78 valence electrons. The van der Waals surface area contributed by atoms with Crippen molar-refractivity contribution in [3.8, 4) is 0 Å². The Hall–Kier alpha value is -0.0800. The van der Waals surface area contributed by atoms with E-state index in [1.165, 1.54) is 19.4 Å². The zero-order valence-corrected chi connectivity index (χ0v) is 9.68. The summed E-state index contributed by atoms with van der Waals surface area (Å²) in [5.74, 6) is 0. The van der Waals surface area contributed by atoms with E-state index in [1.54, 1.807) is 7.11 Å². The largest absolute Gasteiger partial charge is 0.383 e. The molecule has 0 aromatic carbocycles. The van der Waals surface area contributed by atoms with E-state index in [1.807, 2.05) is 0 Å². The third-order valence-corrected chi connectivity index (χ3v) is 3.01. The van der Waals surface area contributed by atoms with Crippen LogP contribution in [0.15, 0.2) is 0 Å².